The van der Waals surface area contributed by atoms with Crippen LogP contribution in [0.5, 0.6) is 0 Å². The van der Waals surface area contributed by atoms with Gasteiger partial charge in [-0.05, 0) is 13.3 Å². The Morgan fingerprint density at radius 3 is 2.67 bits per heavy atom. The Labute approximate surface area is 88.7 Å². The standard InChI is InChI=1S/C10H15NO4/c1-4-6-8(3)9(12)15-11-10(13)14-7-5-2/h5-6H,2,4,7H2,1,3H3,(H,11,13). The van der Waals surface area contributed by atoms with Gasteiger partial charge in [0.1, 0.15) is 6.61 Å². The SMILES string of the molecule is C=CCOC(=O)NOC(=O)C(C)=CCC. The molecule has 0 unspecified atom stereocenters. The Hall–Kier alpha value is -1.78. The zero-order valence-corrected chi connectivity index (χ0v) is 8.91. The highest BCUT2D eigenvalue weighted by Gasteiger charge is 2.08. The lowest BCUT2D eigenvalue weighted by molar-refractivity contribution is -0.144. The summed E-state index contributed by atoms with van der Waals surface area (Å²) in [5.74, 6) is -0.604. The maximum Gasteiger partial charge on any atom is 0.441 e. The molecule has 0 fully saturated rings. The Kier molecular flexibility index (Phi) is 6.70. The van der Waals surface area contributed by atoms with E-state index in [2.05, 4.69) is 16.2 Å². The van der Waals surface area contributed by atoms with E-state index in [0.29, 0.717) is 5.57 Å². The molecule has 1 N–H and O–H groups in total. The van der Waals surface area contributed by atoms with Gasteiger partial charge in [0, 0.05) is 5.57 Å². The highest BCUT2D eigenvalue weighted by atomic mass is 16.7. The average molecular weight is 213 g/mol. The molecule has 0 rings (SSSR count). The highest BCUT2D eigenvalue weighted by Crippen LogP contribution is 1.96. The molecule has 0 bridgehead atoms. The van der Waals surface area contributed by atoms with Crippen molar-refractivity contribution in [3.05, 3.63) is 24.3 Å². The van der Waals surface area contributed by atoms with Gasteiger partial charge in [-0.2, -0.15) is 0 Å². The van der Waals surface area contributed by atoms with E-state index in [1.165, 1.54) is 6.08 Å². The summed E-state index contributed by atoms with van der Waals surface area (Å²) in [6.07, 6.45) is 3.00. The van der Waals surface area contributed by atoms with Crippen LogP contribution < -0.4 is 5.48 Å². The largest absolute Gasteiger partial charge is 0.443 e. The van der Waals surface area contributed by atoms with Gasteiger partial charge in [-0.15, -0.1) is 5.48 Å². The molecule has 5 heteroatoms. The normalized spacial score (nSPS) is 10.4. The molecule has 5 nitrogen and oxygen atoms in total. The van der Waals surface area contributed by atoms with Gasteiger partial charge in [-0.1, -0.05) is 25.7 Å². The molecular formula is C10H15NO4. The van der Waals surface area contributed by atoms with E-state index in [1.807, 2.05) is 12.4 Å². The number of hydrogen-bond acceptors (Lipinski definition) is 4. The van der Waals surface area contributed by atoms with Crippen molar-refractivity contribution in [1.29, 1.82) is 0 Å². The molecular weight excluding hydrogens is 198 g/mol. The van der Waals surface area contributed by atoms with Crippen LogP contribution in [0, 0.1) is 0 Å². The summed E-state index contributed by atoms with van der Waals surface area (Å²) < 4.78 is 4.52. The van der Waals surface area contributed by atoms with Crippen LogP contribution in [0.3, 0.4) is 0 Å². The number of nitrogens with one attached hydrogen (secondary N) is 1. The molecule has 0 saturated carbocycles. The van der Waals surface area contributed by atoms with Crippen molar-refractivity contribution in [3.8, 4) is 0 Å². The van der Waals surface area contributed by atoms with Crippen molar-refractivity contribution < 1.29 is 19.2 Å². The van der Waals surface area contributed by atoms with Gasteiger partial charge in [0.2, 0.25) is 0 Å². The van der Waals surface area contributed by atoms with E-state index in [1.54, 1.807) is 13.0 Å². The molecule has 0 aliphatic carbocycles. The topological polar surface area (TPSA) is 64.6 Å². The first-order valence-corrected chi connectivity index (χ1v) is 4.53. The van der Waals surface area contributed by atoms with Crippen LogP contribution in [0.25, 0.3) is 0 Å². The number of allylic oxidation sites excluding steroid dienone is 1. The van der Waals surface area contributed by atoms with Gasteiger partial charge in [0.25, 0.3) is 0 Å². The molecule has 0 atom stereocenters. The Balaban J connectivity index is 3.85. The molecule has 0 saturated heterocycles. The highest BCUT2D eigenvalue weighted by molar-refractivity contribution is 5.88. The predicted octanol–water partition coefficient (Wildman–Crippen LogP) is 1.71. The van der Waals surface area contributed by atoms with Gasteiger partial charge < -0.3 is 9.57 Å². The first-order chi connectivity index (χ1) is 7.11. The first-order valence-electron chi connectivity index (χ1n) is 4.53. The molecule has 0 aliphatic rings. The predicted molar refractivity (Wildman–Crippen MR) is 54.8 cm³/mol. The van der Waals surface area contributed by atoms with Crippen molar-refractivity contribution in [3.63, 3.8) is 0 Å². The van der Waals surface area contributed by atoms with Crippen molar-refractivity contribution in [1.82, 2.24) is 5.48 Å². The van der Waals surface area contributed by atoms with Gasteiger partial charge in [-0.25, -0.2) is 9.59 Å². The van der Waals surface area contributed by atoms with E-state index in [4.69, 9.17) is 0 Å². The fourth-order valence-electron chi connectivity index (χ4n) is 0.722. The van der Waals surface area contributed by atoms with Gasteiger partial charge in [0.15, 0.2) is 0 Å². The molecule has 0 aromatic rings. The number of hydroxylamine groups is 1. The molecule has 0 aliphatic heterocycles. The Morgan fingerprint density at radius 2 is 2.13 bits per heavy atom. The fraction of sp³-hybridized carbons (Fsp3) is 0.400. The van der Waals surface area contributed by atoms with Gasteiger partial charge in [-0.3, -0.25) is 0 Å². The van der Waals surface area contributed by atoms with Crippen LogP contribution in [0.1, 0.15) is 20.3 Å². The van der Waals surface area contributed by atoms with Crippen LogP contribution in [0.4, 0.5) is 4.79 Å². The lowest BCUT2D eigenvalue weighted by Gasteiger charge is -2.05. The lowest BCUT2D eigenvalue weighted by atomic mass is 10.2. The summed E-state index contributed by atoms with van der Waals surface area (Å²) in [7, 11) is 0. The van der Waals surface area contributed by atoms with E-state index in [0.717, 1.165) is 6.42 Å². The molecule has 0 aromatic heterocycles. The Morgan fingerprint density at radius 1 is 1.47 bits per heavy atom. The maximum atomic E-state index is 11.1. The molecule has 0 heterocycles. The summed E-state index contributed by atoms with van der Waals surface area (Å²) in [5, 5.41) is 0. The van der Waals surface area contributed by atoms with E-state index in [-0.39, 0.29) is 6.61 Å². The molecule has 1 amide bonds. The summed E-state index contributed by atoms with van der Waals surface area (Å²) in [5.41, 5.74) is 2.29. The molecule has 0 radical (unpaired) electrons. The van der Waals surface area contributed by atoms with Gasteiger partial charge >= 0.3 is 12.1 Å². The number of carbonyl (C=O) groups excluding carboxylic acids is 2. The lowest BCUT2D eigenvalue weighted by Crippen LogP contribution is -2.28. The third kappa shape index (κ3) is 6.31. The van der Waals surface area contributed by atoms with Crippen LogP contribution >= 0.6 is 0 Å². The van der Waals surface area contributed by atoms with Crippen molar-refractivity contribution in [2.75, 3.05) is 6.61 Å². The zero-order chi connectivity index (χ0) is 11.7. The number of rotatable bonds is 4. The molecule has 84 valence electrons. The van der Waals surface area contributed by atoms with Crippen molar-refractivity contribution in [2.24, 2.45) is 0 Å². The Bertz CT molecular complexity index is 271. The minimum Gasteiger partial charge on any atom is -0.443 e. The quantitative estimate of drug-likeness (QED) is 0.438. The van der Waals surface area contributed by atoms with Crippen molar-refractivity contribution in [2.45, 2.75) is 20.3 Å². The summed E-state index contributed by atoms with van der Waals surface area (Å²) in [6.45, 7) is 6.91. The van der Waals surface area contributed by atoms with E-state index >= 15 is 0 Å². The number of carbonyl (C=O) groups is 2. The smallest absolute Gasteiger partial charge is 0.441 e. The van der Waals surface area contributed by atoms with E-state index < -0.39 is 12.1 Å². The molecule has 0 aromatic carbocycles. The second-order valence-electron chi connectivity index (χ2n) is 2.67. The number of ether oxygens (including phenoxy) is 1. The summed E-state index contributed by atoms with van der Waals surface area (Å²) >= 11 is 0. The number of amides is 1. The summed E-state index contributed by atoms with van der Waals surface area (Å²) in [4.78, 5) is 26.4. The summed E-state index contributed by atoms with van der Waals surface area (Å²) in [6, 6.07) is 0. The van der Waals surface area contributed by atoms with Gasteiger partial charge in [0.05, 0.1) is 0 Å². The molecule has 0 spiro atoms. The average Bonchev–Trinajstić information content (AvgIpc) is 2.23. The number of hydrogen-bond donors (Lipinski definition) is 1. The van der Waals surface area contributed by atoms with Crippen LogP contribution in [0.2, 0.25) is 0 Å². The second kappa shape index (κ2) is 7.61. The fourth-order valence-corrected chi connectivity index (χ4v) is 0.722. The van der Waals surface area contributed by atoms with E-state index in [9.17, 15) is 9.59 Å². The first kappa shape index (κ1) is 13.2. The van der Waals surface area contributed by atoms with Crippen LogP contribution in [0.15, 0.2) is 24.3 Å². The third-order valence-corrected chi connectivity index (χ3v) is 1.39. The minimum atomic E-state index is -0.826. The minimum absolute atomic E-state index is 0.0627. The zero-order valence-electron chi connectivity index (χ0n) is 8.91. The monoisotopic (exact) mass is 213 g/mol. The molecule has 15 heavy (non-hydrogen) atoms. The van der Waals surface area contributed by atoms with Crippen molar-refractivity contribution >= 4 is 12.1 Å². The third-order valence-electron chi connectivity index (χ3n) is 1.39. The van der Waals surface area contributed by atoms with Crippen LogP contribution in [-0.4, -0.2) is 18.7 Å². The maximum absolute atomic E-state index is 11.1. The van der Waals surface area contributed by atoms with Crippen LogP contribution in [-0.2, 0) is 14.4 Å². The second-order valence-corrected chi connectivity index (χ2v) is 2.67.